The number of rotatable bonds is 2. The standard InChI is InChI=1S/C13H8ClN3O/c14-13-10-6-7-12(16-11(10)8-15-17-13)18-9-4-2-1-3-5-9/h1-8H. The highest BCUT2D eigenvalue weighted by molar-refractivity contribution is 6.33. The van der Waals surface area contributed by atoms with Gasteiger partial charge in [0.25, 0.3) is 0 Å². The third-order valence-corrected chi connectivity index (χ3v) is 2.69. The third kappa shape index (κ3) is 2.10. The van der Waals surface area contributed by atoms with E-state index in [1.165, 1.54) is 0 Å². The van der Waals surface area contributed by atoms with E-state index in [2.05, 4.69) is 15.2 Å². The summed E-state index contributed by atoms with van der Waals surface area (Å²) in [6.07, 6.45) is 1.55. The zero-order chi connectivity index (χ0) is 12.4. The van der Waals surface area contributed by atoms with Crippen LogP contribution in [0.4, 0.5) is 0 Å². The van der Waals surface area contributed by atoms with Crippen molar-refractivity contribution in [1.82, 2.24) is 15.2 Å². The predicted octanol–water partition coefficient (Wildman–Crippen LogP) is 3.47. The maximum atomic E-state index is 5.92. The Hall–Kier alpha value is -2.20. The van der Waals surface area contributed by atoms with Gasteiger partial charge in [0, 0.05) is 11.5 Å². The molecular formula is C13H8ClN3O. The van der Waals surface area contributed by atoms with E-state index in [1.54, 1.807) is 12.3 Å². The summed E-state index contributed by atoms with van der Waals surface area (Å²) in [4.78, 5) is 4.32. The fraction of sp³-hybridized carbons (Fsp3) is 0. The van der Waals surface area contributed by atoms with Gasteiger partial charge in [-0.15, -0.1) is 5.10 Å². The molecule has 0 saturated carbocycles. The molecule has 0 aliphatic carbocycles. The number of aromatic nitrogens is 3. The van der Waals surface area contributed by atoms with Gasteiger partial charge < -0.3 is 4.74 Å². The Kier molecular flexibility index (Phi) is 2.78. The molecule has 88 valence electrons. The lowest BCUT2D eigenvalue weighted by atomic mass is 10.3. The number of benzene rings is 1. The van der Waals surface area contributed by atoms with Gasteiger partial charge in [0.2, 0.25) is 5.88 Å². The first kappa shape index (κ1) is 10.9. The largest absolute Gasteiger partial charge is 0.439 e. The molecule has 2 aromatic heterocycles. The summed E-state index contributed by atoms with van der Waals surface area (Å²) in [6, 6.07) is 13.0. The normalized spacial score (nSPS) is 10.5. The van der Waals surface area contributed by atoms with Crippen LogP contribution in [-0.4, -0.2) is 15.2 Å². The van der Waals surface area contributed by atoms with E-state index in [0.29, 0.717) is 16.5 Å². The minimum absolute atomic E-state index is 0.339. The molecule has 0 spiro atoms. The van der Waals surface area contributed by atoms with E-state index in [9.17, 15) is 0 Å². The quantitative estimate of drug-likeness (QED) is 0.705. The monoisotopic (exact) mass is 257 g/mol. The van der Waals surface area contributed by atoms with Crippen LogP contribution in [0.1, 0.15) is 0 Å². The molecule has 0 N–H and O–H groups in total. The topological polar surface area (TPSA) is 47.9 Å². The first-order chi connectivity index (χ1) is 8.83. The number of fused-ring (bicyclic) bond motifs is 1. The number of ether oxygens (including phenoxy) is 1. The minimum Gasteiger partial charge on any atom is -0.439 e. The van der Waals surface area contributed by atoms with Gasteiger partial charge >= 0.3 is 0 Å². The van der Waals surface area contributed by atoms with Gasteiger partial charge in [-0.2, -0.15) is 5.10 Å². The lowest BCUT2D eigenvalue weighted by Gasteiger charge is -2.05. The summed E-state index contributed by atoms with van der Waals surface area (Å²) in [5.41, 5.74) is 0.656. The Morgan fingerprint density at radius 3 is 2.67 bits per heavy atom. The van der Waals surface area contributed by atoms with E-state index >= 15 is 0 Å². The molecule has 0 aliphatic heterocycles. The van der Waals surface area contributed by atoms with Crippen molar-refractivity contribution in [3.63, 3.8) is 0 Å². The van der Waals surface area contributed by atoms with Crippen LogP contribution in [-0.2, 0) is 0 Å². The smallest absolute Gasteiger partial charge is 0.219 e. The second-order valence-corrected chi connectivity index (χ2v) is 3.99. The molecule has 0 aliphatic rings. The molecule has 0 radical (unpaired) electrons. The molecule has 0 unspecified atom stereocenters. The van der Waals surface area contributed by atoms with Gasteiger partial charge in [0.1, 0.15) is 5.75 Å². The lowest BCUT2D eigenvalue weighted by molar-refractivity contribution is 0.465. The Balaban J connectivity index is 1.99. The van der Waals surface area contributed by atoms with Crippen LogP contribution >= 0.6 is 11.6 Å². The van der Waals surface area contributed by atoms with Crippen LogP contribution in [0.2, 0.25) is 5.15 Å². The van der Waals surface area contributed by atoms with Crippen molar-refractivity contribution in [2.24, 2.45) is 0 Å². The Labute approximate surface area is 108 Å². The van der Waals surface area contributed by atoms with Gasteiger partial charge in [-0.1, -0.05) is 29.8 Å². The highest BCUT2D eigenvalue weighted by Crippen LogP contribution is 2.24. The summed E-state index contributed by atoms with van der Waals surface area (Å²) in [5.74, 6) is 1.23. The first-order valence-electron chi connectivity index (χ1n) is 5.34. The zero-order valence-electron chi connectivity index (χ0n) is 9.25. The van der Waals surface area contributed by atoms with E-state index in [0.717, 1.165) is 11.1 Å². The van der Waals surface area contributed by atoms with E-state index < -0.39 is 0 Å². The zero-order valence-corrected chi connectivity index (χ0v) is 10.0. The first-order valence-corrected chi connectivity index (χ1v) is 5.71. The van der Waals surface area contributed by atoms with Gasteiger partial charge in [-0.3, -0.25) is 0 Å². The molecule has 2 heterocycles. The highest BCUT2D eigenvalue weighted by Gasteiger charge is 2.04. The molecule has 3 rings (SSSR count). The van der Waals surface area contributed by atoms with Crippen molar-refractivity contribution in [3.05, 3.63) is 53.8 Å². The summed E-state index contributed by atoms with van der Waals surface area (Å²) in [7, 11) is 0. The molecule has 0 fully saturated rings. The van der Waals surface area contributed by atoms with Crippen LogP contribution in [0, 0.1) is 0 Å². The highest BCUT2D eigenvalue weighted by atomic mass is 35.5. The molecule has 5 heteroatoms. The van der Waals surface area contributed by atoms with Crippen molar-refractivity contribution in [1.29, 1.82) is 0 Å². The second-order valence-electron chi connectivity index (χ2n) is 3.63. The van der Waals surface area contributed by atoms with Crippen molar-refractivity contribution in [2.75, 3.05) is 0 Å². The maximum absolute atomic E-state index is 5.92. The fourth-order valence-electron chi connectivity index (χ4n) is 1.58. The average Bonchev–Trinajstić information content (AvgIpc) is 2.40. The molecule has 0 atom stereocenters. The number of para-hydroxylation sites is 1. The SMILES string of the molecule is Clc1nncc2nc(Oc3ccccc3)ccc12. The van der Waals surface area contributed by atoms with Crippen molar-refractivity contribution >= 4 is 22.5 Å². The van der Waals surface area contributed by atoms with Crippen LogP contribution in [0.5, 0.6) is 11.6 Å². The van der Waals surface area contributed by atoms with Gasteiger partial charge in [0.05, 0.1) is 11.7 Å². The number of hydrogen-bond acceptors (Lipinski definition) is 4. The number of halogens is 1. The van der Waals surface area contributed by atoms with E-state index in [1.807, 2.05) is 36.4 Å². The summed E-state index contributed by atoms with van der Waals surface area (Å²) in [6.45, 7) is 0. The van der Waals surface area contributed by atoms with Crippen LogP contribution in [0.3, 0.4) is 0 Å². The van der Waals surface area contributed by atoms with Crippen molar-refractivity contribution < 1.29 is 4.74 Å². The molecule has 0 bridgehead atoms. The van der Waals surface area contributed by atoms with Crippen LogP contribution in [0.15, 0.2) is 48.7 Å². The minimum atomic E-state index is 0.339. The lowest BCUT2D eigenvalue weighted by Crippen LogP contribution is -1.91. The second kappa shape index (κ2) is 4.58. The Morgan fingerprint density at radius 2 is 1.83 bits per heavy atom. The fourth-order valence-corrected chi connectivity index (χ4v) is 1.79. The molecule has 3 aromatic rings. The Morgan fingerprint density at radius 1 is 1.00 bits per heavy atom. The maximum Gasteiger partial charge on any atom is 0.219 e. The van der Waals surface area contributed by atoms with Crippen LogP contribution in [0.25, 0.3) is 10.9 Å². The van der Waals surface area contributed by atoms with E-state index in [4.69, 9.17) is 16.3 Å². The van der Waals surface area contributed by atoms with Gasteiger partial charge in [0.15, 0.2) is 5.15 Å². The number of hydrogen-bond donors (Lipinski definition) is 0. The van der Waals surface area contributed by atoms with Gasteiger partial charge in [-0.05, 0) is 18.2 Å². The predicted molar refractivity (Wildman–Crippen MR) is 68.9 cm³/mol. The molecule has 4 nitrogen and oxygen atoms in total. The van der Waals surface area contributed by atoms with E-state index in [-0.39, 0.29) is 0 Å². The molecule has 1 aromatic carbocycles. The van der Waals surface area contributed by atoms with Crippen LogP contribution < -0.4 is 4.74 Å². The summed E-state index contributed by atoms with van der Waals surface area (Å²) >= 11 is 5.92. The van der Waals surface area contributed by atoms with Gasteiger partial charge in [-0.25, -0.2) is 4.98 Å². The van der Waals surface area contributed by atoms with Crippen molar-refractivity contribution in [3.8, 4) is 11.6 Å². The number of pyridine rings is 1. The average molecular weight is 258 g/mol. The third-order valence-electron chi connectivity index (χ3n) is 2.41. The Bertz CT molecular complexity index is 688. The summed E-state index contributed by atoms with van der Waals surface area (Å²) in [5, 5.41) is 8.61. The van der Waals surface area contributed by atoms with Crippen molar-refractivity contribution in [2.45, 2.75) is 0 Å². The molecule has 0 saturated heterocycles. The molecular weight excluding hydrogens is 250 g/mol. The summed E-state index contributed by atoms with van der Waals surface area (Å²) < 4.78 is 5.62. The molecule has 18 heavy (non-hydrogen) atoms. The molecule has 0 amide bonds. The number of nitrogens with zero attached hydrogens (tertiary/aromatic N) is 3.